The Morgan fingerprint density at radius 2 is 2.00 bits per heavy atom. The molecule has 0 fully saturated rings. The van der Waals surface area contributed by atoms with Crippen molar-refractivity contribution >= 4 is 9.76 Å². The molecule has 0 unspecified atom stereocenters. The van der Waals surface area contributed by atoms with Crippen molar-refractivity contribution in [1.82, 2.24) is 0 Å². The fourth-order valence-corrected chi connectivity index (χ4v) is 1.66. The number of rotatable bonds is 5. The largest absolute Gasteiger partial charge is 0.424 e. The highest BCUT2D eigenvalue weighted by atomic mass is 28.2. The van der Waals surface area contributed by atoms with E-state index in [1.165, 1.54) is 5.56 Å². The van der Waals surface area contributed by atoms with E-state index in [0.717, 1.165) is 19.4 Å². The second-order valence-electron chi connectivity index (χ2n) is 2.79. The zero-order chi connectivity index (χ0) is 8.65. The molecule has 2 heteroatoms. The van der Waals surface area contributed by atoms with Crippen LogP contribution in [0.3, 0.4) is 0 Å². The van der Waals surface area contributed by atoms with Crippen LogP contribution in [-0.2, 0) is 10.8 Å². The van der Waals surface area contributed by atoms with E-state index >= 15 is 0 Å². The minimum Gasteiger partial charge on any atom is -0.424 e. The second kappa shape index (κ2) is 5.97. The molecule has 1 aromatic carbocycles. The number of aryl methyl sites for hydroxylation is 1. The highest BCUT2D eigenvalue weighted by Gasteiger charge is 1.90. The normalized spacial score (nSPS) is 11.1. The third-order valence-corrected chi connectivity index (χ3v) is 2.50. The molecule has 0 atom stereocenters. The SMILES string of the molecule is C[SiH2]OCCCc1ccccc1. The van der Waals surface area contributed by atoms with Gasteiger partial charge in [-0.05, 0) is 18.4 Å². The summed E-state index contributed by atoms with van der Waals surface area (Å²) in [4.78, 5) is 0. The van der Waals surface area contributed by atoms with Crippen molar-refractivity contribution in [2.45, 2.75) is 19.4 Å². The van der Waals surface area contributed by atoms with E-state index in [2.05, 4.69) is 36.9 Å². The summed E-state index contributed by atoms with van der Waals surface area (Å²) >= 11 is 0. The van der Waals surface area contributed by atoms with Gasteiger partial charge in [0.15, 0.2) is 9.76 Å². The third-order valence-electron chi connectivity index (χ3n) is 1.80. The summed E-state index contributed by atoms with van der Waals surface area (Å²) in [7, 11) is -0.186. The molecule has 0 aliphatic rings. The molecule has 0 N–H and O–H groups in total. The maximum atomic E-state index is 5.39. The van der Waals surface area contributed by atoms with Crippen LogP contribution in [0.1, 0.15) is 12.0 Å². The summed E-state index contributed by atoms with van der Waals surface area (Å²) in [6.07, 6.45) is 2.31. The van der Waals surface area contributed by atoms with Crippen molar-refractivity contribution < 1.29 is 4.43 Å². The lowest BCUT2D eigenvalue weighted by atomic mass is 10.1. The van der Waals surface area contributed by atoms with Gasteiger partial charge in [-0.1, -0.05) is 36.9 Å². The van der Waals surface area contributed by atoms with Gasteiger partial charge in [-0.25, -0.2) is 0 Å². The van der Waals surface area contributed by atoms with Gasteiger partial charge in [-0.2, -0.15) is 0 Å². The summed E-state index contributed by atoms with van der Waals surface area (Å²) in [6, 6.07) is 10.6. The summed E-state index contributed by atoms with van der Waals surface area (Å²) in [5, 5.41) is 0. The van der Waals surface area contributed by atoms with E-state index in [9.17, 15) is 0 Å². The van der Waals surface area contributed by atoms with Gasteiger partial charge >= 0.3 is 0 Å². The molecule has 1 nitrogen and oxygen atoms in total. The Hall–Kier alpha value is -0.603. The summed E-state index contributed by atoms with van der Waals surface area (Å²) in [5.41, 5.74) is 1.42. The molecule has 0 aliphatic carbocycles. The molecule has 66 valence electrons. The van der Waals surface area contributed by atoms with Gasteiger partial charge in [0, 0.05) is 6.61 Å². The lowest BCUT2D eigenvalue weighted by Gasteiger charge is -2.01. The predicted molar refractivity (Wildman–Crippen MR) is 55.1 cm³/mol. The third kappa shape index (κ3) is 3.69. The molecule has 0 heterocycles. The first-order chi connectivity index (χ1) is 5.93. The highest BCUT2D eigenvalue weighted by molar-refractivity contribution is 6.24. The quantitative estimate of drug-likeness (QED) is 0.496. The van der Waals surface area contributed by atoms with E-state index in [1.807, 2.05) is 0 Å². The summed E-state index contributed by atoms with van der Waals surface area (Å²) in [6.45, 7) is 3.11. The van der Waals surface area contributed by atoms with Crippen molar-refractivity contribution in [3.8, 4) is 0 Å². The molecule has 0 aliphatic heterocycles. The van der Waals surface area contributed by atoms with Crippen molar-refractivity contribution in [2.75, 3.05) is 6.61 Å². The van der Waals surface area contributed by atoms with Crippen molar-refractivity contribution in [2.24, 2.45) is 0 Å². The zero-order valence-corrected chi connectivity index (χ0v) is 9.04. The first kappa shape index (κ1) is 9.48. The van der Waals surface area contributed by atoms with Crippen molar-refractivity contribution in [3.05, 3.63) is 35.9 Å². The van der Waals surface area contributed by atoms with E-state index in [0.29, 0.717) is 0 Å². The van der Waals surface area contributed by atoms with E-state index in [-0.39, 0.29) is 9.76 Å². The van der Waals surface area contributed by atoms with Gasteiger partial charge in [0.05, 0.1) is 0 Å². The van der Waals surface area contributed by atoms with Crippen molar-refractivity contribution in [1.29, 1.82) is 0 Å². The predicted octanol–water partition coefficient (Wildman–Crippen LogP) is 1.77. The lowest BCUT2D eigenvalue weighted by molar-refractivity contribution is 0.331. The van der Waals surface area contributed by atoms with Crippen LogP contribution >= 0.6 is 0 Å². The minimum atomic E-state index is -0.186. The molecular weight excluding hydrogens is 164 g/mol. The smallest absolute Gasteiger partial charge is 0.158 e. The summed E-state index contributed by atoms with van der Waals surface area (Å²) < 4.78 is 5.39. The first-order valence-electron chi connectivity index (χ1n) is 4.55. The maximum Gasteiger partial charge on any atom is 0.158 e. The lowest BCUT2D eigenvalue weighted by Crippen LogP contribution is -1.97. The zero-order valence-electron chi connectivity index (χ0n) is 7.62. The van der Waals surface area contributed by atoms with Gasteiger partial charge in [-0.15, -0.1) is 0 Å². The fraction of sp³-hybridized carbons (Fsp3) is 0.400. The van der Waals surface area contributed by atoms with Crippen molar-refractivity contribution in [3.63, 3.8) is 0 Å². The molecule has 12 heavy (non-hydrogen) atoms. The van der Waals surface area contributed by atoms with Gasteiger partial charge in [-0.3, -0.25) is 0 Å². The van der Waals surface area contributed by atoms with Crippen LogP contribution in [0.2, 0.25) is 6.55 Å². The monoisotopic (exact) mass is 180 g/mol. The van der Waals surface area contributed by atoms with Crippen LogP contribution in [0.15, 0.2) is 30.3 Å². The Bertz CT molecular complexity index is 198. The molecular formula is C10H16OSi. The van der Waals surface area contributed by atoms with Gasteiger partial charge < -0.3 is 4.43 Å². The van der Waals surface area contributed by atoms with E-state index in [4.69, 9.17) is 4.43 Å². The Balaban J connectivity index is 2.16. The number of hydrogen-bond donors (Lipinski definition) is 0. The molecule has 0 spiro atoms. The minimum absolute atomic E-state index is 0.186. The molecule has 0 amide bonds. The average molecular weight is 180 g/mol. The molecule has 0 radical (unpaired) electrons. The standard InChI is InChI=1S/C10H16OSi/c1-12-11-9-5-8-10-6-3-2-4-7-10/h2-4,6-7H,5,8-9,12H2,1H3. The molecule has 0 aromatic heterocycles. The van der Waals surface area contributed by atoms with E-state index in [1.54, 1.807) is 0 Å². The molecule has 0 bridgehead atoms. The maximum absolute atomic E-state index is 5.39. The van der Waals surface area contributed by atoms with E-state index < -0.39 is 0 Å². The summed E-state index contributed by atoms with van der Waals surface area (Å²) in [5.74, 6) is 0. The van der Waals surface area contributed by atoms with Gasteiger partial charge in [0.2, 0.25) is 0 Å². The molecule has 1 rings (SSSR count). The number of benzene rings is 1. The molecule has 1 aromatic rings. The highest BCUT2D eigenvalue weighted by Crippen LogP contribution is 2.01. The van der Waals surface area contributed by atoms with Gasteiger partial charge in [0.1, 0.15) is 0 Å². The van der Waals surface area contributed by atoms with Crippen LogP contribution in [0, 0.1) is 0 Å². The number of hydrogen-bond acceptors (Lipinski definition) is 1. The molecule has 0 saturated carbocycles. The van der Waals surface area contributed by atoms with Crippen LogP contribution in [0.25, 0.3) is 0 Å². The fourth-order valence-electron chi connectivity index (χ4n) is 1.17. The van der Waals surface area contributed by atoms with Crippen LogP contribution < -0.4 is 0 Å². The topological polar surface area (TPSA) is 9.23 Å². The Morgan fingerprint density at radius 3 is 2.67 bits per heavy atom. The Kier molecular flexibility index (Phi) is 4.72. The Morgan fingerprint density at radius 1 is 1.25 bits per heavy atom. The van der Waals surface area contributed by atoms with Gasteiger partial charge in [0.25, 0.3) is 0 Å². The second-order valence-corrected chi connectivity index (χ2v) is 3.77. The average Bonchev–Trinajstić information content (AvgIpc) is 2.14. The first-order valence-corrected chi connectivity index (χ1v) is 6.54. The van der Waals surface area contributed by atoms with Crippen LogP contribution in [0.4, 0.5) is 0 Å². The molecule has 0 saturated heterocycles. The van der Waals surface area contributed by atoms with Crippen LogP contribution in [0.5, 0.6) is 0 Å². The van der Waals surface area contributed by atoms with Crippen LogP contribution in [-0.4, -0.2) is 16.4 Å². The Labute approximate surface area is 76.7 Å².